The maximum absolute atomic E-state index is 11.8. The Morgan fingerprint density at radius 3 is 2.41 bits per heavy atom. The molecule has 0 aliphatic rings. The van der Waals surface area contributed by atoms with Crippen LogP contribution in [-0.4, -0.2) is 49.9 Å². The van der Waals surface area contributed by atoms with Gasteiger partial charge in [0.1, 0.15) is 0 Å². The van der Waals surface area contributed by atoms with Crippen LogP contribution in [-0.2, 0) is 11.2 Å². The molecular weight excluding hydrogens is 292 g/mol. The highest BCUT2D eigenvalue weighted by molar-refractivity contribution is 5.91. The highest BCUT2D eigenvalue weighted by Crippen LogP contribution is 2.10. The molecule has 0 saturated carbocycles. The molecule has 0 bridgehead atoms. The molecule has 0 aliphatic heterocycles. The second kappa shape index (κ2) is 8.42. The number of aryl methyl sites for hydroxylation is 1. The topological polar surface area (TPSA) is 143 Å². The second-order valence-electron chi connectivity index (χ2n) is 4.93. The van der Waals surface area contributed by atoms with E-state index in [1.165, 1.54) is 19.1 Å². The third-order valence-electron chi connectivity index (χ3n) is 3.11. The van der Waals surface area contributed by atoms with Crippen molar-refractivity contribution in [3.05, 3.63) is 38.2 Å². The predicted octanol–water partition coefficient (Wildman–Crippen LogP) is -1.30. The number of aliphatic hydroxyl groups is 3. The minimum absolute atomic E-state index is 0.0319. The van der Waals surface area contributed by atoms with Crippen LogP contribution in [0.4, 0.5) is 0 Å². The van der Waals surface area contributed by atoms with Gasteiger partial charge < -0.3 is 20.3 Å². The molecule has 0 aromatic carbocycles. The van der Waals surface area contributed by atoms with E-state index in [0.717, 1.165) is 0 Å². The van der Waals surface area contributed by atoms with E-state index in [4.69, 9.17) is 5.11 Å². The summed E-state index contributed by atoms with van der Waals surface area (Å²) in [7, 11) is 0. The number of H-pyrrole nitrogens is 2. The van der Waals surface area contributed by atoms with Crippen molar-refractivity contribution < 1.29 is 20.1 Å². The van der Waals surface area contributed by atoms with Crippen LogP contribution < -0.4 is 11.2 Å². The van der Waals surface area contributed by atoms with Crippen LogP contribution in [0.1, 0.15) is 31.0 Å². The third-order valence-corrected chi connectivity index (χ3v) is 3.11. The molecule has 8 heteroatoms. The molecular formula is C14H20N2O6. The molecule has 5 N–H and O–H groups in total. The van der Waals surface area contributed by atoms with Gasteiger partial charge in [0.2, 0.25) is 0 Å². The Labute approximate surface area is 126 Å². The van der Waals surface area contributed by atoms with Crippen LogP contribution >= 0.6 is 0 Å². The lowest BCUT2D eigenvalue weighted by Gasteiger charge is -2.16. The normalized spacial score (nSPS) is 14.2. The quantitative estimate of drug-likeness (QED) is 0.378. The van der Waals surface area contributed by atoms with Crippen molar-refractivity contribution in [3.8, 4) is 0 Å². The van der Waals surface area contributed by atoms with Gasteiger partial charge in [-0.25, -0.2) is 4.79 Å². The summed E-state index contributed by atoms with van der Waals surface area (Å²) < 4.78 is 0. The fraction of sp³-hybridized carbons (Fsp3) is 0.500. The third kappa shape index (κ3) is 5.40. The zero-order chi connectivity index (χ0) is 16.7. The van der Waals surface area contributed by atoms with E-state index in [1.54, 1.807) is 0 Å². The van der Waals surface area contributed by atoms with E-state index in [-0.39, 0.29) is 42.9 Å². The first-order valence-electron chi connectivity index (χ1n) is 6.86. The lowest BCUT2D eigenvalue weighted by Crippen LogP contribution is -2.30. The highest BCUT2D eigenvalue weighted by Gasteiger charge is 2.17. The second-order valence-corrected chi connectivity index (χ2v) is 4.93. The first-order valence-corrected chi connectivity index (χ1v) is 6.86. The number of hydrogen-bond donors (Lipinski definition) is 5. The summed E-state index contributed by atoms with van der Waals surface area (Å²) in [6.45, 7) is 1.07. The molecule has 0 amide bonds. The van der Waals surface area contributed by atoms with Crippen LogP contribution in [0.25, 0.3) is 6.08 Å². The average Bonchev–Trinajstić information content (AvgIpc) is 2.43. The van der Waals surface area contributed by atoms with Crippen molar-refractivity contribution in [2.45, 2.75) is 38.4 Å². The summed E-state index contributed by atoms with van der Waals surface area (Å²) in [6, 6.07) is 0. The number of aliphatic hydroxyl groups excluding tert-OH is 3. The summed E-state index contributed by atoms with van der Waals surface area (Å²) in [5.41, 5.74) is -0.938. The highest BCUT2D eigenvalue weighted by atomic mass is 16.3. The number of rotatable bonds is 8. The minimum atomic E-state index is -1.10. The van der Waals surface area contributed by atoms with Gasteiger partial charge in [-0.05, 0) is 38.3 Å². The van der Waals surface area contributed by atoms with E-state index in [9.17, 15) is 24.6 Å². The zero-order valence-electron chi connectivity index (χ0n) is 12.2. The maximum atomic E-state index is 11.8. The zero-order valence-corrected chi connectivity index (χ0v) is 12.2. The molecule has 1 rings (SSSR count). The van der Waals surface area contributed by atoms with Crippen molar-refractivity contribution in [1.29, 1.82) is 0 Å². The van der Waals surface area contributed by atoms with Gasteiger partial charge in [0, 0.05) is 12.3 Å². The fourth-order valence-corrected chi connectivity index (χ4v) is 1.93. The number of hydrogen-bond acceptors (Lipinski definition) is 6. The van der Waals surface area contributed by atoms with E-state index < -0.39 is 23.5 Å². The van der Waals surface area contributed by atoms with Crippen molar-refractivity contribution in [1.82, 2.24) is 9.97 Å². The number of aromatic amines is 2. The van der Waals surface area contributed by atoms with E-state index >= 15 is 0 Å². The molecule has 0 unspecified atom stereocenters. The summed E-state index contributed by atoms with van der Waals surface area (Å²) in [5.74, 6) is -0.255. The largest absolute Gasteiger partial charge is 0.396 e. The van der Waals surface area contributed by atoms with Crippen LogP contribution in [0.15, 0.2) is 15.7 Å². The predicted molar refractivity (Wildman–Crippen MR) is 79.4 cm³/mol. The molecule has 22 heavy (non-hydrogen) atoms. The number of nitrogens with one attached hydrogen (secondary N) is 2. The van der Waals surface area contributed by atoms with Gasteiger partial charge in [-0.15, -0.1) is 0 Å². The Balaban J connectivity index is 2.96. The lowest BCUT2D eigenvalue weighted by atomic mass is 10.0. The van der Waals surface area contributed by atoms with Gasteiger partial charge in [0.05, 0.1) is 17.8 Å². The van der Waals surface area contributed by atoms with Crippen molar-refractivity contribution >= 4 is 11.9 Å². The standard InChI is InChI=1S/C14H20N2O6/c1-8(18)2-3-9-10(15-14(22)16-13(9)21)4-5-11(19)12(20)6-7-17/h2-3,11-12,17,19-20H,4-7H2,1H3,(H2,15,16,21,22)/b3-2+/t11-,12+/m0/s1. The van der Waals surface area contributed by atoms with E-state index in [2.05, 4.69) is 9.97 Å². The molecule has 122 valence electrons. The molecule has 1 aromatic heterocycles. The van der Waals surface area contributed by atoms with Gasteiger partial charge in [-0.2, -0.15) is 0 Å². The van der Waals surface area contributed by atoms with Gasteiger partial charge >= 0.3 is 5.69 Å². The first-order chi connectivity index (χ1) is 10.3. The Hall–Kier alpha value is -2.03. The summed E-state index contributed by atoms with van der Waals surface area (Å²) in [6.07, 6.45) is 0.549. The molecule has 0 aliphatic carbocycles. The van der Waals surface area contributed by atoms with Crippen molar-refractivity contribution in [2.75, 3.05) is 6.61 Å². The molecule has 1 aromatic rings. The SMILES string of the molecule is CC(=O)/C=C/c1c(CC[C@H](O)[C@H](O)CCO)[nH]c(=O)[nH]c1=O. The van der Waals surface area contributed by atoms with Gasteiger partial charge in [-0.3, -0.25) is 14.6 Å². The molecule has 0 radical (unpaired) electrons. The summed E-state index contributed by atoms with van der Waals surface area (Å²) >= 11 is 0. The van der Waals surface area contributed by atoms with E-state index in [0.29, 0.717) is 0 Å². The molecule has 0 saturated heterocycles. The van der Waals surface area contributed by atoms with E-state index in [1.807, 2.05) is 0 Å². The van der Waals surface area contributed by atoms with Gasteiger partial charge in [0.15, 0.2) is 5.78 Å². The minimum Gasteiger partial charge on any atom is -0.396 e. The average molecular weight is 312 g/mol. The van der Waals surface area contributed by atoms with Crippen LogP contribution in [0.2, 0.25) is 0 Å². The molecule has 0 fully saturated rings. The number of carbonyl (C=O) groups excluding carboxylic acids is 1. The molecule has 0 spiro atoms. The Morgan fingerprint density at radius 1 is 1.18 bits per heavy atom. The maximum Gasteiger partial charge on any atom is 0.325 e. The van der Waals surface area contributed by atoms with Crippen LogP contribution in [0.3, 0.4) is 0 Å². The fourth-order valence-electron chi connectivity index (χ4n) is 1.93. The van der Waals surface area contributed by atoms with Crippen molar-refractivity contribution in [3.63, 3.8) is 0 Å². The smallest absolute Gasteiger partial charge is 0.325 e. The monoisotopic (exact) mass is 312 g/mol. The number of allylic oxidation sites excluding steroid dienone is 1. The first kappa shape index (κ1) is 18.0. The van der Waals surface area contributed by atoms with Crippen molar-refractivity contribution in [2.24, 2.45) is 0 Å². The number of ketones is 1. The molecule has 8 nitrogen and oxygen atoms in total. The summed E-state index contributed by atoms with van der Waals surface area (Å²) in [4.78, 5) is 38.6. The Morgan fingerprint density at radius 2 is 1.82 bits per heavy atom. The molecule has 1 heterocycles. The Kier molecular flexibility index (Phi) is 6.90. The Bertz CT molecular complexity index is 645. The van der Waals surface area contributed by atoms with Gasteiger partial charge in [-0.1, -0.05) is 0 Å². The van der Waals surface area contributed by atoms with Crippen LogP contribution in [0, 0.1) is 0 Å². The molecule has 2 atom stereocenters. The lowest BCUT2D eigenvalue weighted by molar-refractivity contribution is -0.112. The number of carbonyl (C=O) groups is 1. The van der Waals surface area contributed by atoms with Gasteiger partial charge in [0.25, 0.3) is 5.56 Å². The summed E-state index contributed by atoms with van der Waals surface area (Å²) in [5, 5.41) is 28.0. The number of aromatic nitrogens is 2. The van der Waals surface area contributed by atoms with Crippen LogP contribution in [0.5, 0.6) is 0 Å².